The molecule has 1 rings (SSSR count). The third-order valence-corrected chi connectivity index (χ3v) is 4.11. The van der Waals surface area contributed by atoms with E-state index >= 15 is 0 Å². The number of rotatable bonds is 3. The van der Waals surface area contributed by atoms with Crippen LogP contribution in [0, 0.1) is 0 Å². The fourth-order valence-corrected chi connectivity index (χ4v) is 2.81. The quantitative estimate of drug-likeness (QED) is 0.407. The Morgan fingerprint density at radius 2 is 1.41 bits per heavy atom. The molecule has 0 unspecified atom stereocenters. The lowest BCUT2D eigenvalue weighted by Crippen LogP contribution is -2.50. The highest BCUT2D eigenvalue weighted by Gasteiger charge is 2.60. The van der Waals surface area contributed by atoms with Crippen LogP contribution in [-0.2, 0) is 4.74 Å². The van der Waals surface area contributed by atoms with Crippen molar-refractivity contribution in [2.75, 3.05) is 4.43 Å². The molecule has 1 nitrogen and oxygen atoms in total. The standard InChI is InChI=1S/C9H11F6IO/c10-8(11,12)6(9(13,14)15)17-7(5-16)3-1-2-4-7/h6H,1-5H2. The van der Waals surface area contributed by atoms with Crippen LogP contribution in [0.25, 0.3) is 0 Å². The van der Waals surface area contributed by atoms with Crippen LogP contribution in [0.2, 0.25) is 0 Å². The predicted molar refractivity (Wildman–Crippen MR) is 57.1 cm³/mol. The summed E-state index contributed by atoms with van der Waals surface area (Å²) in [5, 5.41) is 0. The van der Waals surface area contributed by atoms with Crippen LogP contribution in [-0.4, -0.2) is 28.5 Å². The lowest BCUT2D eigenvalue weighted by molar-refractivity contribution is -0.341. The van der Waals surface area contributed by atoms with Crippen LogP contribution >= 0.6 is 22.6 Å². The lowest BCUT2D eigenvalue weighted by atomic mass is 10.1. The minimum Gasteiger partial charge on any atom is -0.353 e. The largest absolute Gasteiger partial charge is 0.423 e. The third-order valence-electron chi connectivity index (χ3n) is 2.72. The zero-order chi connectivity index (χ0) is 13.3. The summed E-state index contributed by atoms with van der Waals surface area (Å²) in [5.74, 6) is 0. The molecular weight excluding hydrogens is 365 g/mol. The molecule has 0 N–H and O–H groups in total. The minimum atomic E-state index is -5.42. The van der Waals surface area contributed by atoms with Crippen molar-refractivity contribution in [3.63, 3.8) is 0 Å². The molecule has 0 saturated heterocycles. The molecule has 0 aromatic rings. The molecule has 0 bridgehead atoms. The second-order valence-electron chi connectivity index (χ2n) is 4.10. The van der Waals surface area contributed by atoms with Crippen molar-refractivity contribution in [3.05, 3.63) is 0 Å². The van der Waals surface area contributed by atoms with Gasteiger partial charge in [0.1, 0.15) is 0 Å². The van der Waals surface area contributed by atoms with Crippen molar-refractivity contribution in [2.45, 2.75) is 49.7 Å². The monoisotopic (exact) mass is 376 g/mol. The Morgan fingerprint density at radius 1 is 1.00 bits per heavy atom. The Hall–Kier alpha value is 0.270. The fraction of sp³-hybridized carbons (Fsp3) is 1.00. The molecule has 0 heterocycles. The molecule has 102 valence electrons. The van der Waals surface area contributed by atoms with Crippen LogP contribution in [0.1, 0.15) is 25.7 Å². The maximum atomic E-state index is 12.3. The highest BCUT2D eigenvalue weighted by Crippen LogP contribution is 2.43. The summed E-state index contributed by atoms with van der Waals surface area (Å²) in [4.78, 5) is 0. The van der Waals surface area contributed by atoms with E-state index in [-0.39, 0.29) is 17.3 Å². The van der Waals surface area contributed by atoms with Crippen molar-refractivity contribution >= 4 is 22.6 Å². The van der Waals surface area contributed by atoms with Gasteiger partial charge in [-0.25, -0.2) is 0 Å². The van der Waals surface area contributed by atoms with Gasteiger partial charge in [-0.05, 0) is 12.8 Å². The number of hydrogen-bond acceptors (Lipinski definition) is 1. The van der Waals surface area contributed by atoms with Gasteiger partial charge in [0.25, 0.3) is 0 Å². The first-order chi connectivity index (χ1) is 7.61. The SMILES string of the molecule is FC(F)(F)C(OC1(CI)CCCC1)C(F)(F)F. The highest BCUT2D eigenvalue weighted by molar-refractivity contribution is 14.1. The van der Waals surface area contributed by atoms with Crippen molar-refractivity contribution < 1.29 is 31.1 Å². The Morgan fingerprint density at radius 3 is 1.71 bits per heavy atom. The van der Waals surface area contributed by atoms with Crippen molar-refractivity contribution in [1.29, 1.82) is 0 Å². The molecule has 1 fully saturated rings. The second-order valence-corrected chi connectivity index (χ2v) is 4.87. The van der Waals surface area contributed by atoms with Crippen molar-refractivity contribution in [1.82, 2.24) is 0 Å². The minimum absolute atomic E-state index is 0.132. The molecule has 1 aliphatic carbocycles. The summed E-state index contributed by atoms with van der Waals surface area (Å²) in [5.41, 5.74) is -1.28. The molecule has 0 aromatic heterocycles. The molecule has 8 heteroatoms. The Kier molecular flexibility index (Phi) is 4.60. The molecule has 1 saturated carbocycles. The highest BCUT2D eigenvalue weighted by atomic mass is 127. The van der Waals surface area contributed by atoms with Crippen molar-refractivity contribution in [3.8, 4) is 0 Å². The van der Waals surface area contributed by atoms with Crippen LogP contribution in [0.15, 0.2) is 0 Å². The molecular formula is C9H11F6IO. The number of ether oxygens (including phenoxy) is 1. The zero-order valence-electron chi connectivity index (χ0n) is 8.67. The van der Waals surface area contributed by atoms with E-state index < -0.39 is 24.1 Å². The molecule has 0 atom stereocenters. The van der Waals surface area contributed by atoms with Gasteiger partial charge in [-0.1, -0.05) is 35.4 Å². The van der Waals surface area contributed by atoms with Gasteiger partial charge in [0, 0.05) is 4.43 Å². The Bertz CT molecular complexity index is 241. The summed E-state index contributed by atoms with van der Waals surface area (Å²) in [6.07, 6.45) is -12.8. The van der Waals surface area contributed by atoms with E-state index in [2.05, 4.69) is 4.74 Å². The van der Waals surface area contributed by atoms with Gasteiger partial charge in [0.15, 0.2) is 0 Å². The van der Waals surface area contributed by atoms with Crippen LogP contribution < -0.4 is 0 Å². The summed E-state index contributed by atoms with van der Waals surface area (Å²) in [6.45, 7) is 0. The summed E-state index contributed by atoms with van der Waals surface area (Å²) >= 11 is 1.77. The molecule has 17 heavy (non-hydrogen) atoms. The molecule has 0 radical (unpaired) electrons. The molecule has 0 amide bonds. The number of alkyl halides is 7. The summed E-state index contributed by atoms with van der Waals surface area (Å²) < 4.78 is 78.5. The van der Waals surface area contributed by atoms with E-state index in [1.807, 2.05) is 0 Å². The van der Waals surface area contributed by atoms with E-state index in [9.17, 15) is 26.3 Å². The first-order valence-corrected chi connectivity index (χ1v) is 6.50. The number of halogens is 7. The maximum absolute atomic E-state index is 12.3. The van der Waals surface area contributed by atoms with Crippen LogP contribution in [0.4, 0.5) is 26.3 Å². The lowest BCUT2D eigenvalue weighted by Gasteiger charge is -2.34. The van der Waals surface area contributed by atoms with Gasteiger partial charge in [-0.2, -0.15) is 26.3 Å². The maximum Gasteiger partial charge on any atom is 0.423 e. The number of hydrogen-bond donors (Lipinski definition) is 0. The molecule has 1 aliphatic rings. The van der Waals surface area contributed by atoms with Gasteiger partial charge in [-0.15, -0.1) is 0 Å². The topological polar surface area (TPSA) is 9.23 Å². The smallest absolute Gasteiger partial charge is 0.353 e. The normalized spacial score (nSPS) is 21.2. The van der Waals surface area contributed by atoms with E-state index in [1.165, 1.54) is 0 Å². The van der Waals surface area contributed by atoms with Gasteiger partial charge in [0.2, 0.25) is 6.10 Å². The van der Waals surface area contributed by atoms with E-state index in [1.54, 1.807) is 22.6 Å². The van der Waals surface area contributed by atoms with Gasteiger partial charge in [-0.3, -0.25) is 0 Å². The predicted octanol–water partition coefficient (Wildman–Crippen LogP) is 4.24. The van der Waals surface area contributed by atoms with Crippen molar-refractivity contribution in [2.24, 2.45) is 0 Å². The van der Waals surface area contributed by atoms with Crippen LogP contribution in [0.5, 0.6) is 0 Å². The van der Waals surface area contributed by atoms with E-state index in [4.69, 9.17) is 0 Å². The molecule has 0 aromatic carbocycles. The van der Waals surface area contributed by atoms with E-state index in [0.29, 0.717) is 12.8 Å². The fourth-order valence-electron chi connectivity index (χ4n) is 1.87. The molecule has 0 aliphatic heterocycles. The van der Waals surface area contributed by atoms with Crippen LogP contribution in [0.3, 0.4) is 0 Å². The summed E-state index contributed by atoms with van der Waals surface area (Å²) in [7, 11) is 0. The average molecular weight is 376 g/mol. The van der Waals surface area contributed by atoms with Gasteiger partial charge in [0.05, 0.1) is 5.60 Å². The third kappa shape index (κ3) is 3.87. The van der Waals surface area contributed by atoms with E-state index in [0.717, 1.165) is 0 Å². The first-order valence-electron chi connectivity index (χ1n) is 4.98. The molecule has 0 spiro atoms. The van der Waals surface area contributed by atoms with Gasteiger partial charge < -0.3 is 4.74 Å². The average Bonchev–Trinajstić information content (AvgIpc) is 2.60. The van der Waals surface area contributed by atoms with Gasteiger partial charge >= 0.3 is 12.4 Å². The zero-order valence-corrected chi connectivity index (χ0v) is 10.8. The Balaban J connectivity index is 2.86. The first kappa shape index (κ1) is 15.3. The Labute approximate surface area is 108 Å². The summed E-state index contributed by atoms with van der Waals surface area (Å²) in [6, 6.07) is 0. The second kappa shape index (κ2) is 5.10.